The van der Waals surface area contributed by atoms with E-state index in [1.807, 2.05) is 43.3 Å². The van der Waals surface area contributed by atoms with Crippen LogP contribution >= 0.6 is 0 Å². The van der Waals surface area contributed by atoms with Crippen LogP contribution in [0.4, 0.5) is 0 Å². The summed E-state index contributed by atoms with van der Waals surface area (Å²) in [6, 6.07) is 11.5. The zero-order valence-electron chi connectivity index (χ0n) is 16.0. The maximum Gasteiger partial charge on any atom is 0.232 e. The average molecular weight is 385 g/mol. The quantitative estimate of drug-likeness (QED) is 0.640. The number of ether oxygens (including phenoxy) is 2. The molecule has 0 unspecified atom stereocenters. The molecule has 1 aromatic carbocycles. The van der Waals surface area contributed by atoms with Gasteiger partial charge in [0.25, 0.3) is 0 Å². The summed E-state index contributed by atoms with van der Waals surface area (Å²) in [5, 5.41) is 0. The van der Waals surface area contributed by atoms with Gasteiger partial charge in [0.15, 0.2) is 5.76 Å². The minimum atomic E-state index is -0.0982. The minimum absolute atomic E-state index is 0.0982. The summed E-state index contributed by atoms with van der Waals surface area (Å²) >= 11 is 0. The maximum atomic E-state index is 13.0. The summed E-state index contributed by atoms with van der Waals surface area (Å²) in [5.41, 5.74) is 4.22. The van der Waals surface area contributed by atoms with Crippen molar-refractivity contribution in [3.05, 3.63) is 88.7 Å². The molecule has 0 radical (unpaired) electrons. The molecule has 144 valence electrons. The number of hydrogen-bond acceptors (Lipinski definition) is 6. The lowest BCUT2D eigenvalue weighted by Crippen LogP contribution is -2.32. The predicted octanol–water partition coefficient (Wildman–Crippen LogP) is 3.75. The third-order valence-electron chi connectivity index (χ3n) is 5.10. The second-order valence-electron chi connectivity index (χ2n) is 7.18. The summed E-state index contributed by atoms with van der Waals surface area (Å²) in [4.78, 5) is 23.5. The first-order valence-corrected chi connectivity index (χ1v) is 9.45. The highest BCUT2D eigenvalue weighted by molar-refractivity contribution is 6.15. The number of Topliss-reactive ketones (excluding diaryl/α,β-unsaturated/α-hetero) is 1. The Balaban J connectivity index is 1.48. The van der Waals surface area contributed by atoms with Crippen LogP contribution in [0.15, 0.2) is 60.7 Å². The van der Waals surface area contributed by atoms with Crippen molar-refractivity contribution < 1.29 is 14.3 Å². The Bertz CT molecular complexity index is 1110. The van der Waals surface area contributed by atoms with Crippen molar-refractivity contribution in [3.8, 4) is 11.5 Å². The molecule has 3 aromatic rings. The molecule has 0 fully saturated rings. The lowest BCUT2D eigenvalue weighted by atomic mass is 9.98. The molecular formula is C23H19N3O3. The zero-order chi connectivity index (χ0) is 19.8. The fraction of sp³-hybridized carbons (Fsp3) is 0.174. The van der Waals surface area contributed by atoms with Gasteiger partial charge >= 0.3 is 0 Å². The van der Waals surface area contributed by atoms with Crippen LogP contribution in [0.2, 0.25) is 0 Å². The monoisotopic (exact) mass is 385 g/mol. The second kappa shape index (κ2) is 7.14. The molecule has 29 heavy (non-hydrogen) atoms. The number of nitrogens with zero attached hydrogens (tertiary/aromatic N) is 3. The number of allylic oxidation sites excluding steroid dienone is 1. The van der Waals surface area contributed by atoms with Gasteiger partial charge in [-0.3, -0.25) is 19.7 Å². The smallest absolute Gasteiger partial charge is 0.232 e. The van der Waals surface area contributed by atoms with Gasteiger partial charge in [-0.2, -0.15) is 0 Å². The van der Waals surface area contributed by atoms with E-state index in [9.17, 15) is 4.79 Å². The summed E-state index contributed by atoms with van der Waals surface area (Å²) < 4.78 is 12.1. The van der Waals surface area contributed by atoms with Gasteiger partial charge in [-0.25, -0.2) is 0 Å². The van der Waals surface area contributed by atoms with Gasteiger partial charge in [-0.15, -0.1) is 0 Å². The Labute approximate surface area is 168 Å². The van der Waals surface area contributed by atoms with Crippen LogP contribution in [0.25, 0.3) is 6.08 Å². The number of aromatic nitrogens is 2. The summed E-state index contributed by atoms with van der Waals surface area (Å²) in [6.45, 7) is 3.68. The molecule has 2 aliphatic heterocycles. The molecule has 5 rings (SSSR count). The van der Waals surface area contributed by atoms with Crippen molar-refractivity contribution in [2.45, 2.75) is 20.0 Å². The summed E-state index contributed by atoms with van der Waals surface area (Å²) in [5.74, 6) is 1.61. The van der Waals surface area contributed by atoms with Crippen molar-refractivity contribution in [1.82, 2.24) is 14.9 Å². The summed E-state index contributed by atoms with van der Waals surface area (Å²) in [7, 11) is 0. The maximum absolute atomic E-state index is 13.0. The Morgan fingerprint density at radius 2 is 2.03 bits per heavy atom. The first-order chi connectivity index (χ1) is 14.2. The highest BCUT2D eigenvalue weighted by Gasteiger charge is 2.35. The van der Waals surface area contributed by atoms with E-state index in [0.29, 0.717) is 36.9 Å². The number of carbonyl (C=O) groups is 1. The van der Waals surface area contributed by atoms with E-state index in [2.05, 4.69) is 14.9 Å². The summed E-state index contributed by atoms with van der Waals surface area (Å²) in [6.07, 6.45) is 6.92. The Hall–Kier alpha value is -3.51. The SMILES string of the molecule is Cc1cc2c(c3c1C(=O)/C(=C/c1ccncc1)O3)CN(Cc1ccccn1)CO2. The second-order valence-corrected chi connectivity index (χ2v) is 7.18. The Morgan fingerprint density at radius 3 is 2.83 bits per heavy atom. The molecule has 0 N–H and O–H groups in total. The molecular weight excluding hydrogens is 366 g/mol. The van der Waals surface area contributed by atoms with E-state index < -0.39 is 0 Å². The van der Waals surface area contributed by atoms with Crippen LogP contribution in [-0.4, -0.2) is 27.4 Å². The number of rotatable bonds is 3. The van der Waals surface area contributed by atoms with E-state index >= 15 is 0 Å². The van der Waals surface area contributed by atoms with Crippen molar-refractivity contribution in [2.75, 3.05) is 6.73 Å². The molecule has 6 nitrogen and oxygen atoms in total. The van der Waals surface area contributed by atoms with E-state index in [1.165, 1.54) is 0 Å². The topological polar surface area (TPSA) is 64.5 Å². The van der Waals surface area contributed by atoms with Gasteiger partial charge in [0, 0.05) is 31.7 Å². The van der Waals surface area contributed by atoms with E-state index in [0.717, 1.165) is 28.1 Å². The third kappa shape index (κ3) is 3.28. The van der Waals surface area contributed by atoms with Gasteiger partial charge in [0.05, 0.1) is 16.8 Å². The largest absolute Gasteiger partial charge is 0.478 e. The molecule has 0 aliphatic carbocycles. The molecule has 0 saturated heterocycles. The highest BCUT2D eigenvalue weighted by atomic mass is 16.5. The highest BCUT2D eigenvalue weighted by Crippen LogP contribution is 2.44. The fourth-order valence-corrected chi connectivity index (χ4v) is 3.71. The zero-order valence-corrected chi connectivity index (χ0v) is 16.0. The predicted molar refractivity (Wildman–Crippen MR) is 107 cm³/mol. The van der Waals surface area contributed by atoms with Gasteiger partial charge in [-0.1, -0.05) is 6.07 Å². The number of aryl methyl sites for hydroxylation is 1. The molecule has 4 heterocycles. The number of pyridine rings is 2. The first-order valence-electron chi connectivity index (χ1n) is 9.45. The van der Waals surface area contributed by atoms with Gasteiger partial charge in [0.1, 0.15) is 18.2 Å². The van der Waals surface area contributed by atoms with Gasteiger partial charge in [0.2, 0.25) is 5.78 Å². The van der Waals surface area contributed by atoms with Crippen LogP contribution in [0.5, 0.6) is 11.5 Å². The van der Waals surface area contributed by atoms with Crippen LogP contribution in [0.3, 0.4) is 0 Å². The Morgan fingerprint density at radius 1 is 1.17 bits per heavy atom. The standard InChI is InChI=1S/C23H19N3O3/c1-15-10-19-18(13-26(14-28-19)12-17-4-2-3-7-25-17)23-21(15)22(27)20(29-23)11-16-5-8-24-9-6-16/h2-11H,12-14H2,1H3/b20-11-. The van der Waals surface area contributed by atoms with Gasteiger partial charge < -0.3 is 9.47 Å². The van der Waals surface area contributed by atoms with Gasteiger partial charge in [-0.05, 0) is 54.5 Å². The van der Waals surface area contributed by atoms with Crippen molar-refractivity contribution in [3.63, 3.8) is 0 Å². The van der Waals surface area contributed by atoms with Crippen LogP contribution < -0.4 is 9.47 Å². The van der Waals surface area contributed by atoms with Crippen molar-refractivity contribution in [2.24, 2.45) is 0 Å². The fourth-order valence-electron chi connectivity index (χ4n) is 3.71. The van der Waals surface area contributed by atoms with Crippen molar-refractivity contribution >= 4 is 11.9 Å². The van der Waals surface area contributed by atoms with E-state index in [-0.39, 0.29) is 5.78 Å². The Kier molecular flexibility index (Phi) is 4.33. The molecule has 0 bridgehead atoms. The molecule has 2 aromatic heterocycles. The third-order valence-corrected chi connectivity index (χ3v) is 5.10. The molecule has 2 aliphatic rings. The lowest BCUT2D eigenvalue weighted by molar-refractivity contribution is 0.0861. The average Bonchev–Trinajstić information content (AvgIpc) is 3.07. The number of fused-ring (bicyclic) bond motifs is 3. The number of carbonyl (C=O) groups excluding carboxylic acids is 1. The first kappa shape index (κ1) is 17.6. The van der Waals surface area contributed by atoms with Crippen LogP contribution in [0.1, 0.15) is 32.7 Å². The van der Waals surface area contributed by atoms with Crippen molar-refractivity contribution in [1.29, 1.82) is 0 Å². The van der Waals surface area contributed by atoms with Crippen LogP contribution in [0, 0.1) is 6.92 Å². The minimum Gasteiger partial charge on any atom is -0.478 e. The molecule has 0 spiro atoms. The van der Waals surface area contributed by atoms with E-state index in [4.69, 9.17) is 9.47 Å². The van der Waals surface area contributed by atoms with E-state index in [1.54, 1.807) is 24.7 Å². The molecule has 6 heteroatoms. The normalized spacial score (nSPS) is 16.9. The molecule has 0 saturated carbocycles. The lowest BCUT2D eigenvalue weighted by Gasteiger charge is -2.29. The number of ketones is 1. The van der Waals surface area contributed by atoms with Crippen LogP contribution in [-0.2, 0) is 13.1 Å². The number of hydrogen-bond donors (Lipinski definition) is 0. The number of benzene rings is 1. The molecule has 0 amide bonds. The molecule has 0 atom stereocenters.